The van der Waals surface area contributed by atoms with Gasteiger partial charge in [-0.25, -0.2) is 4.68 Å². The van der Waals surface area contributed by atoms with Gasteiger partial charge in [0.15, 0.2) is 5.69 Å². The van der Waals surface area contributed by atoms with Gasteiger partial charge in [-0.05, 0) is 61.4 Å². The van der Waals surface area contributed by atoms with Gasteiger partial charge >= 0.3 is 0 Å². The molecular formula is C22H19ClN4O3. The molecule has 0 bridgehead atoms. The fourth-order valence-electron chi connectivity index (χ4n) is 3.55. The van der Waals surface area contributed by atoms with Crippen LogP contribution in [0.25, 0.3) is 5.69 Å². The lowest BCUT2D eigenvalue weighted by molar-refractivity contribution is -0.116. The molecule has 0 unspecified atom stereocenters. The van der Waals surface area contributed by atoms with Gasteiger partial charge in [0.05, 0.1) is 5.69 Å². The van der Waals surface area contributed by atoms with E-state index in [2.05, 4.69) is 10.4 Å². The van der Waals surface area contributed by atoms with E-state index in [1.807, 2.05) is 6.07 Å². The summed E-state index contributed by atoms with van der Waals surface area (Å²) in [4.78, 5) is 38.6. The monoisotopic (exact) mass is 422 g/mol. The zero-order chi connectivity index (χ0) is 21.4. The number of nitrogens with zero attached hydrogens (tertiary/aromatic N) is 3. The Balaban J connectivity index is 1.63. The van der Waals surface area contributed by atoms with Crippen LogP contribution in [0.4, 0.5) is 11.4 Å². The van der Waals surface area contributed by atoms with Crippen LogP contribution in [0.1, 0.15) is 28.7 Å². The topological polar surface area (TPSA) is 84.3 Å². The first kappa shape index (κ1) is 19.8. The highest BCUT2D eigenvalue weighted by atomic mass is 35.5. The molecule has 0 atom stereocenters. The van der Waals surface area contributed by atoms with E-state index in [9.17, 15) is 14.4 Å². The minimum absolute atomic E-state index is 0.0165. The lowest BCUT2D eigenvalue weighted by Crippen LogP contribution is -2.27. The van der Waals surface area contributed by atoms with Crippen molar-refractivity contribution in [3.05, 3.63) is 80.7 Å². The van der Waals surface area contributed by atoms with E-state index in [-0.39, 0.29) is 11.6 Å². The molecule has 1 aliphatic rings. The fraction of sp³-hybridized carbons (Fsp3) is 0.182. The summed E-state index contributed by atoms with van der Waals surface area (Å²) < 4.78 is 1.53. The molecule has 0 radical (unpaired) electrons. The first-order chi connectivity index (χ1) is 14.3. The van der Waals surface area contributed by atoms with Crippen molar-refractivity contribution in [2.24, 2.45) is 0 Å². The molecule has 0 saturated heterocycles. The highest BCUT2D eigenvalue weighted by molar-refractivity contribution is 6.30. The standard InChI is InChI=1S/C22H19ClN4O3/c1-13-11-20(29)21(25-27(13)18-6-3-16(23)4-7-18)22(30)24-17-5-8-19-15(12-17)9-10-26(19)14(2)28/h3-8,11-12H,9-10H2,1-2H3,(H,24,30). The molecule has 1 aliphatic heterocycles. The lowest BCUT2D eigenvalue weighted by Gasteiger charge is -2.15. The van der Waals surface area contributed by atoms with E-state index in [1.54, 1.807) is 48.2 Å². The lowest BCUT2D eigenvalue weighted by atomic mass is 10.1. The third-order valence-electron chi connectivity index (χ3n) is 5.01. The van der Waals surface area contributed by atoms with Crippen LogP contribution in [0.2, 0.25) is 5.02 Å². The van der Waals surface area contributed by atoms with Gasteiger partial charge in [0.1, 0.15) is 0 Å². The molecule has 30 heavy (non-hydrogen) atoms. The summed E-state index contributed by atoms with van der Waals surface area (Å²) in [6.45, 7) is 3.89. The second-order valence-electron chi connectivity index (χ2n) is 7.11. The van der Waals surface area contributed by atoms with Crippen molar-refractivity contribution in [1.29, 1.82) is 0 Å². The van der Waals surface area contributed by atoms with Crippen molar-refractivity contribution in [3.63, 3.8) is 0 Å². The van der Waals surface area contributed by atoms with Crippen LogP contribution >= 0.6 is 11.6 Å². The van der Waals surface area contributed by atoms with Crippen molar-refractivity contribution >= 4 is 34.8 Å². The third kappa shape index (κ3) is 3.71. The van der Waals surface area contributed by atoms with Crippen LogP contribution < -0.4 is 15.6 Å². The van der Waals surface area contributed by atoms with Gasteiger partial charge < -0.3 is 10.2 Å². The number of rotatable bonds is 3. The summed E-state index contributed by atoms with van der Waals surface area (Å²) in [5.74, 6) is -0.610. The average Bonchev–Trinajstić information content (AvgIpc) is 3.12. The van der Waals surface area contributed by atoms with E-state index in [0.29, 0.717) is 35.1 Å². The SMILES string of the molecule is CC(=O)N1CCc2cc(NC(=O)c3nn(-c4ccc(Cl)cc4)c(C)cc3=O)ccc21. The maximum Gasteiger partial charge on any atom is 0.280 e. The number of carbonyl (C=O) groups excluding carboxylic acids is 2. The van der Waals surface area contributed by atoms with Crippen LogP contribution in [0, 0.1) is 6.92 Å². The van der Waals surface area contributed by atoms with Crippen molar-refractivity contribution < 1.29 is 9.59 Å². The van der Waals surface area contributed by atoms with Gasteiger partial charge in [0.25, 0.3) is 5.91 Å². The molecule has 7 nitrogen and oxygen atoms in total. The van der Waals surface area contributed by atoms with E-state index < -0.39 is 11.3 Å². The minimum Gasteiger partial charge on any atom is -0.320 e. The average molecular weight is 423 g/mol. The predicted molar refractivity (Wildman–Crippen MR) is 116 cm³/mol. The number of halogens is 1. The normalized spacial score (nSPS) is 12.6. The Hall–Kier alpha value is -3.45. The molecule has 0 spiro atoms. The molecule has 2 heterocycles. The number of anilines is 2. The first-order valence-corrected chi connectivity index (χ1v) is 9.80. The van der Waals surface area contributed by atoms with Gasteiger partial charge in [0.2, 0.25) is 11.3 Å². The van der Waals surface area contributed by atoms with Gasteiger partial charge in [-0.15, -0.1) is 0 Å². The Morgan fingerprint density at radius 2 is 1.83 bits per heavy atom. The summed E-state index contributed by atoms with van der Waals surface area (Å²) in [7, 11) is 0. The van der Waals surface area contributed by atoms with Crippen LogP contribution in [0.5, 0.6) is 0 Å². The summed E-state index contributed by atoms with van der Waals surface area (Å²) >= 11 is 5.94. The van der Waals surface area contributed by atoms with Crippen molar-refractivity contribution in [3.8, 4) is 5.69 Å². The summed E-state index contributed by atoms with van der Waals surface area (Å²) in [5, 5.41) is 7.59. The Bertz CT molecular complexity index is 1220. The van der Waals surface area contributed by atoms with Crippen molar-refractivity contribution in [1.82, 2.24) is 9.78 Å². The summed E-state index contributed by atoms with van der Waals surface area (Å²) in [5.41, 5.74) is 2.98. The van der Waals surface area contributed by atoms with Crippen LogP contribution in [0.15, 0.2) is 53.3 Å². The number of nitrogens with one attached hydrogen (secondary N) is 1. The quantitative estimate of drug-likeness (QED) is 0.701. The predicted octanol–water partition coefficient (Wildman–Crippen LogP) is 3.36. The number of fused-ring (bicyclic) bond motifs is 1. The molecular weight excluding hydrogens is 404 g/mol. The van der Waals surface area contributed by atoms with Crippen molar-refractivity contribution in [2.45, 2.75) is 20.3 Å². The highest BCUT2D eigenvalue weighted by Gasteiger charge is 2.23. The Kier molecular flexibility index (Phi) is 5.13. The van der Waals surface area contributed by atoms with Gasteiger partial charge in [-0.3, -0.25) is 14.4 Å². The molecule has 0 aliphatic carbocycles. The Morgan fingerprint density at radius 3 is 2.53 bits per heavy atom. The zero-order valence-corrected chi connectivity index (χ0v) is 17.2. The van der Waals surface area contributed by atoms with E-state index in [4.69, 9.17) is 11.6 Å². The van der Waals surface area contributed by atoms with Crippen LogP contribution in [-0.2, 0) is 11.2 Å². The van der Waals surface area contributed by atoms with E-state index in [1.165, 1.54) is 17.7 Å². The second-order valence-corrected chi connectivity index (χ2v) is 7.54. The number of benzene rings is 2. The van der Waals surface area contributed by atoms with Crippen LogP contribution in [-0.4, -0.2) is 28.1 Å². The maximum absolute atomic E-state index is 12.8. The summed E-state index contributed by atoms with van der Waals surface area (Å²) in [6.07, 6.45) is 0.713. The molecule has 152 valence electrons. The number of aryl methyl sites for hydroxylation is 1. The molecule has 8 heteroatoms. The van der Waals surface area contributed by atoms with Crippen LogP contribution in [0.3, 0.4) is 0 Å². The van der Waals surface area contributed by atoms with Crippen molar-refractivity contribution in [2.75, 3.05) is 16.8 Å². The molecule has 0 saturated carbocycles. The molecule has 3 aromatic rings. The minimum atomic E-state index is -0.593. The highest BCUT2D eigenvalue weighted by Crippen LogP contribution is 2.30. The fourth-order valence-corrected chi connectivity index (χ4v) is 3.67. The van der Waals surface area contributed by atoms with Gasteiger partial charge in [-0.1, -0.05) is 11.6 Å². The second kappa shape index (κ2) is 7.76. The molecule has 2 aromatic carbocycles. The number of hydrogen-bond donors (Lipinski definition) is 1. The molecule has 0 fully saturated rings. The summed E-state index contributed by atoms with van der Waals surface area (Å²) in [6, 6.07) is 13.7. The molecule has 4 rings (SSSR count). The number of carbonyl (C=O) groups is 2. The smallest absolute Gasteiger partial charge is 0.280 e. The molecule has 2 amide bonds. The number of hydrogen-bond acceptors (Lipinski definition) is 4. The van der Waals surface area contributed by atoms with E-state index >= 15 is 0 Å². The van der Waals surface area contributed by atoms with Gasteiger partial charge in [0, 0.05) is 41.6 Å². The Labute approximate surface area is 177 Å². The van der Waals surface area contributed by atoms with E-state index in [0.717, 1.165) is 11.3 Å². The maximum atomic E-state index is 12.8. The third-order valence-corrected chi connectivity index (χ3v) is 5.26. The zero-order valence-electron chi connectivity index (χ0n) is 16.5. The number of aromatic nitrogens is 2. The Morgan fingerprint density at radius 1 is 1.10 bits per heavy atom. The largest absolute Gasteiger partial charge is 0.320 e. The molecule has 1 N–H and O–H groups in total. The molecule has 1 aromatic heterocycles. The first-order valence-electron chi connectivity index (χ1n) is 9.43. The number of amides is 2. The van der Waals surface area contributed by atoms with Gasteiger partial charge in [-0.2, -0.15) is 5.10 Å².